The Morgan fingerprint density at radius 1 is 1.42 bits per heavy atom. The lowest BCUT2D eigenvalue weighted by Gasteiger charge is -2.24. The summed E-state index contributed by atoms with van der Waals surface area (Å²) in [5.74, 6) is 0.433. The van der Waals surface area contributed by atoms with E-state index in [1.54, 1.807) is 0 Å². The number of amides is 1. The summed E-state index contributed by atoms with van der Waals surface area (Å²) in [5.41, 5.74) is 0.898. The second-order valence-corrected chi connectivity index (χ2v) is 7.21. The van der Waals surface area contributed by atoms with Crippen LogP contribution in [0.15, 0.2) is 24.3 Å². The normalized spacial score (nSPS) is 19.6. The highest BCUT2D eigenvalue weighted by Crippen LogP contribution is 2.29. The molecule has 2 rings (SSSR count). The van der Waals surface area contributed by atoms with Crippen molar-refractivity contribution >= 4 is 28.7 Å². The molecule has 0 bridgehead atoms. The van der Waals surface area contributed by atoms with Gasteiger partial charge in [-0.2, -0.15) is 0 Å². The number of nitrogens with zero attached hydrogens (tertiary/aromatic N) is 1. The quantitative estimate of drug-likeness (QED) is 0.696. The van der Waals surface area contributed by atoms with Gasteiger partial charge in [0.1, 0.15) is 5.60 Å². The molecule has 1 atom stereocenters. The summed E-state index contributed by atoms with van der Waals surface area (Å²) in [7, 11) is 0. The zero-order valence-electron chi connectivity index (χ0n) is 11.6. The minimum absolute atomic E-state index is 0.194. The van der Waals surface area contributed by atoms with Gasteiger partial charge in [-0.25, -0.2) is 4.79 Å². The van der Waals surface area contributed by atoms with E-state index in [4.69, 9.17) is 4.74 Å². The average molecular weight is 373 g/mol. The van der Waals surface area contributed by atoms with Crippen LogP contribution >= 0.6 is 22.6 Å². The summed E-state index contributed by atoms with van der Waals surface area (Å²) < 4.78 is 6.66. The van der Waals surface area contributed by atoms with Gasteiger partial charge in [0.15, 0.2) is 0 Å². The van der Waals surface area contributed by atoms with Crippen molar-refractivity contribution < 1.29 is 9.53 Å². The van der Waals surface area contributed by atoms with E-state index < -0.39 is 5.60 Å². The molecule has 0 saturated carbocycles. The average Bonchev–Trinajstić information content (AvgIpc) is 2.75. The van der Waals surface area contributed by atoms with Gasteiger partial charge in [0, 0.05) is 22.6 Å². The van der Waals surface area contributed by atoms with Crippen LogP contribution in [0.5, 0.6) is 0 Å². The fourth-order valence-corrected chi connectivity index (χ4v) is 2.85. The number of likely N-dealkylation sites (tertiary alicyclic amines) is 1. The Bertz CT molecular complexity index is 467. The highest BCUT2D eigenvalue weighted by atomic mass is 127. The third-order valence-corrected chi connectivity index (χ3v) is 3.83. The summed E-state index contributed by atoms with van der Waals surface area (Å²) in [5, 5.41) is 0. The Kier molecular flexibility index (Phi) is 4.38. The molecule has 1 aromatic rings. The van der Waals surface area contributed by atoms with Crippen LogP contribution in [0.2, 0.25) is 0 Å². The molecule has 104 valence electrons. The molecule has 0 spiro atoms. The van der Waals surface area contributed by atoms with Crippen LogP contribution in [-0.4, -0.2) is 29.7 Å². The summed E-state index contributed by atoms with van der Waals surface area (Å²) in [4.78, 5) is 13.8. The molecular weight excluding hydrogens is 353 g/mol. The number of ether oxygens (including phenoxy) is 1. The maximum Gasteiger partial charge on any atom is 0.410 e. The standard InChI is InChI=1S/C15H20INO2/c1-15(2,3)19-14(18)17-8-7-12(10-17)11-5-4-6-13(16)9-11/h4-6,9,12H,7-8,10H2,1-3H3. The third kappa shape index (κ3) is 4.09. The fourth-order valence-electron chi connectivity index (χ4n) is 2.29. The number of halogens is 1. The molecule has 1 amide bonds. The highest BCUT2D eigenvalue weighted by Gasteiger charge is 2.30. The second-order valence-electron chi connectivity index (χ2n) is 5.97. The van der Waals surface area contributed by atoms with Crippen LogP contribution in [0.3, 0.4) is 0 Å². The van der Waals surface area contributed by atoms with Gasteiger partial charge in [-0.15, -0.1) is 0 Å². The van der Waals surface area contributed by atoms with Crippen LogP contribution in [0, 0.1) is 3.57 Å². The first-order valence-corrected chi connectivity index (χ1v) is 7.66. The summed E-state index contributed by atoms with van der Waals surface area (Å²) >= 11 is 2.32. The molecule has 3 nitrogen and oxygen atoms in total. The molecule has 1 heterocycles. The summed E-state index contributed by atoms with van der Waals surface area (Å²) in [6.45, 7) is 7.24. The molecule has 4 heteroatoms. The van der Waals surface area contributed by atoms with Crippen LogP contribution in [0.25, 0.3) is 0 Å². The lowest BCUT2D eigenvalue weighted by Crippen LogP contribution is -2.35. The van der Waals surface area contributed by atoms with Gasteiger partial charge in [0.2, 0.25) is 0 Å². The van der Waals surface area contributed by atoms with Crippen molar-refractivity contribution in [2.24, 2.45) is 0 Å². The highest BCUT2D eigenvalue weighted by molar-refractivity contribution is 14.1. The van der Waals surface area contributed by atoms with Crippen molar-refractivity contribution in [1.82, 2.24) is 4.90 Å². The minimum atomic E-state index is -0.419. The summed E-state index contributed by atoms with van der Waals surface area (Å²) in [6.07, 6.45) is 0.819. The van der Waals surface area contributed by atoms with Gasteiger partial charge >= 0.3 is 6.09 Å². The van der Waals surface area contributed by atoms with Crippen molar-refractivity contribution in [1.29, 1.82) is 0 Å². The van der Waals surface area contributed by atoms with Crippen LogP contribution in [0.4, 0.5) is 4.79 Å². The molecule has 19 heavy (non-hydrogen) atoms. The Balaban J connectivity index is 1.98. The molecule has 1 saturated heterocycles. The van der Waals surface area contributed by atoms with Gasteiger partial charge in [-0.1, -0.05) is 12.1 Å². The molecule has 0 aliphatic carbocycles. The van der Waals surface area contributed by atoms with Crippen LogP contribution in [0.1, 0.15) is 38.7 Å². The van der Waals surface area contributed by atoms with Gasteiger partial charge in [0.25, 0.3) is 0 Å². The zero-order valence-corrected chi connectivity index (χ0v) is 13.8. The molecule has 0 N–H and O–H groups in total. The Morgan fingerprint density at radius 3 is 2.79 bits per heavy atom. The predicted molar refractivity (Wildman–Crippen MR) is 84.3 cm³/mol. The fraction of sp³-hybridized carbons (Fsp3) is 0.533. The van der Waals surface area contributed by atoms with Crippen molar-refractivity contribution in [3.8, 4) is 0 Å². The van der Waals surface area contributed by atoms with Crippen LogP contribution < -0.4 is 0 Å². The Labute approximate surface area is 128 Å². The molecule has 1 aliphatic rings. The SMILES string of the molecule is CC(C)(C)OC(=O)N1CCC(c2cccc(I)c2)C1. The number of carbonyl (C=O) groups excluding carboxylic acids is 1. The largest absolute Gasteiger partial charge is 0.444 e. The van der Waals surface area contributed by atoms with E-state index in [1.165, 1.54) is 9.13 Å². The number of hydrogen-bond acceptors (Lipinski definition) is 2. The second kappa shape index (κ2) is 5.69. The Hall–Kier alpha value is -0.780. The number of benzene rings is 1. The summed E-state index contributed by atoms with van der Waals surface area (Å²) in [6, 6.07) is 8.51. The molecule has 0 radical (unpaired) electrons. The van der Waals surface area contributed by atoms with E-state index >= 15 is 0 Å². The van der Waals surface area contributed by atoms with Gasteiger partial charge in [-0.3, -0.25) is 0 Å². The van der Waals surface area contributed by atoms with E-state index in [0.717, 1.165) is 19.5 Å². The minimum Gasteiger partial charge on any atom is -0.444 e. The van der Waals surface area contributed by atoms with E-state index in [-0.39, 0.29) is 6.09 Å². The lowest BCUT2D eigenvalue weighted by molar-refractivity contribution is 0.0292. The molecule has 1 unspecified atom stereocenters. The van der Waals surface area contributed by atoms with Crippen LogP contribution in [-0.2, 0) is 4.74 Å². The molecule has 1 fully saturated rings. The lowest BCUT2D eigenvalue weighted by atomic mass is 9.99. The first kappa shape index (κ1) is 14.6. The van der Waals surface area contributed by atoms with E-state index in [1.807, 2.05) is 25.7 Å². The molecular formula is C15H20INO2. The zero-order chi connectivity index (χ0) is 14.0. The van der Waals surface area contributed by atoms with E-state index in [0.29, 0.717) is 5.92 Å². The predicted octanol–water partition coefficient (Wildman–Crippen LogP) is 4.02. The maximum atomic E-state index is 12.0. The molecule has 0 aromatic heterocycles. The van der Waals surface area contributed by atoms with E-state index in [2.05, 4.69) is 46.9 Å². The smallest absolute Gasteiger partial charge is 0.410 e. The third-order valence-electron chi connectivity index (χ3n) is 3.16. The van der Waals surface area contributed by atoms with Crippen molar-refractivity contribution in [3.05, 3.63) is 33.4 Å². The number of hydrogen-bond donors (Lipinski definition) is 0. The topological polar surface area (TPSA) is 29.5 Å². The monoisotopic (exact) mass is 373 g/mol. The van der Waals surface area contributed by atoms with Gasteiger partial charge in [0.05, 0.1) is 0 Å². The molecule has 1 aromatic carbocycles. The number of rotatable bonds is 1. The van der Waals surface area contributed by atoms with Gasteiger partial charge in [-0.05, 0) is 67.5 Å². The van der Waals surface area contributed by atoms with Gasteiger partial charge < -0.3 is 9.64 Å². The number of carbonyl (C=O) groups is 1. The maximum absolute atomic E-state index is 12.0. The van der Waals surface area contributed by atoms with Crippen molar-refractivity contribution in [2.45, 2.75) is 38.7 Å². The Morgan fingerprint density at radius 2 is 2.16 bits per heavy atom. The molecule has 1 aliphatic heterocycles. The van der Waals surface area contributed by atoms with E-state index in [9.17, 15) is 4.79 Å². The van der Waals surface area contributed by atoms with Crippen molar-refractivity contribution in [3.63, 3.8) is 0 Å². The first-order chi connectivity index (χ1) is 8.85. The van der Waals surface area contributed by atoms with Crippen molar-refractivity contribution in [2.75, 3.05) is 13.1 Å². The first-order valence-electron chi connectivity index (χ1n) is 6.58.